The first-order valence-electron chi connectivity index (χ1n) is 6.42. The minimum atomic E-state index is 0.811. The number of pyridine rings is 2. The second-order valence-corrected chi connectivity index (χ2v) is 4.66. The number of nitrogens with zero attached hydrogens (tertiary/aromatic N) is 3. The molecule has 4 heteroatoms. The lowest BCUT2D eigenvalue weighted by Gasteiger charge is -2.19. The van der Waals surface area contributed by atoms with E-state index in [1.165, 1.54) is 11.1 Å². The van der Waals surface area contributed by atoms with Crippen molar-refractivity contribution in [1.29, 1.82) is 0 Å². The van der Waals surface area contributed by atoms with Crippen LogP contribution in [-0.2, 0) is 13.1 Å². The van der Waals surface area contributed by atoms with Crippen molar-refractivity contribution in [3.05, 3.63) is 53.5 Å². The van der Waals surface area contributed by atoms with Gasteiger partial charge in [0.25, 0.3) is 0 Å². The lowest BCUT2D eigenvalue weighted by molar-refractivity contribution is 0.800. The van der Waals surface area contributed by atoms with E-state index >= 15 is 0 Å². The fourth-order valence-corrected chi connectivity index (χ4v) is 2.01. The Kier molecular flexibility index (Phi) is 4.47. The highest BCUT2D eigenvalue weighted by molar-refractivity contribution is 5.41. The molecule has 2 heterocycles. The lowest BCUT2D eigenvalue weighted by Crippen LogP contribution is -2.18. The number of anilines is 1. The van der Waals surface area contributed by atoms with Gasteiger partial charge in [-0.25, -0.2) is 4.98 Å². The molecule has 2 aromatic rings. The molecule has 0 spiro atoms. The van der Waals surface area contributed by atoms with Crippen LogP contribution < -0.4 is 10.2 Å². The van der Waals surface area contributed by atoms with Gasteiger partial charge in [-0.15, -0.1) is 0 Å². The van der Waals surface area contributed by atoms with Crippen molar-refractivity contribution in [2.45, 2.75) is 20.0 Å². The minimum Gasteiger partial charge on any atom is -0.355 e. The summed E-state index contributed by atoms with van der Waals surface area (Å²) >= 11 is 0. The van der Waals surface area contributed by atoms with E-state index < -0.39 is 0 Å². The first kappa shape index (κ1) is 13.5. The topological polar surface area (TPSA) is 41.0 Å². The van der Waals surface area contributed by atoms with Crippen LogP contribution in [0.2, 0.25) is 0 Å². The summed E-state index contributed by atoms with van der Waals surface area (Å²) in [6.07, 6.45) is 3.68. The molecule has 2 rings (SSSR count). The van der Waals surface area contributed by atoms with Crippen LogP contribution >= 0.6 is 0 Å². The van der Waals surface area contributed by atoms with Crippen molar-refractivity contribution in [2.24, 2.45) is 0 Å². The van der Waals surface area contributed by atoms with Crippen LogP contribution in [0.4, 0.5) is 5.82 Å². The highest BCUT2D eigenvalue weighted by Gasteiger charge is 2.06. The summed E-state index contributed by atoms with van der Waals surface area (Å²) in [6.45, 7) is 3.71. The Morgan fingerprint density at radius 3 is 2.74 bits per heavy atom. The first-order chi connectivity index (χ1) is 9.20. The Morgan fingerprint density at radius 1 is 1.26 bits per heavy atom. The maximum atomic E-state index is 4.65. The number of hydrogen-bond donors (Lipinski definition) is 1. The second-order valence-electron chi connectivity index (χ2n) is 4.66. The summed E-state index contributed by atoms with van der Waals surface area (Å²) < 4.78 is 0. The van der Waals surface area contributed by atoms with Crippen LogP contribution in [-0.4, -0.2) is 24.1 Å². The van der Waals surface area contributed by atoms with Crippen molar-refractivity contribution in [3.63, 3.8) is 0 Å². The van der Waals surface area contributed by atoms with Crippen molar-refractivity contribution in [3.8, 4) is 0 Å². The van der Waals surface area contributed by atoms with E-state index in [-0.39, 0.29) is 0 Å². The molecule has 0 saturated carbocycles. The zero-order valence-electron chi connectivity index (χ0n) is 11.7. The van der Waals surface area contributed by atoms with E-state index in [9.17, 15) is 0 Å². The quantitative estimate of drug-likeness (QED) is 0.890. The Morgan fingerprint density at radius 2 is 2.11 bits per heavy atom. The lowest BCUT2D eigenvalue weighted by atomic mass is 10.2. The third kappa shape index (κ3) is 3.51. The molecule has 0 unspecified atom stereocenters. The zero-order valence-corrected chi connectivity index (χ0v) is 11.7. The number of rotatable bonds is 5. The summed E-state index contributed by atoms with van der Waals surface area (Å²) in [5.74, 6) is 0.987. The van der Waals surface area contributed by atoms with Crippen molar-refractivity contribution < 1.29 is 0 Å². The van der Waals surface area contributed by atoms with Gasteiger partial charge in [0.15, 0.2) is 0 Å². The van der Waals surface area contributed by atoms with Gasteiger partial charge in [-0.3, -0.25) is 4.98 Å². The average molecular weight is 256 g/mol. The van der Waals surface area contributed by atoms with Crippen molar-refractivity contribution in [1.82, 2.24) is 15.3 Å². The predicted molar refractivity (Wildman–Crippen MR) is 78.1 cm³/mol. The van der Waals surface area contributed by atoms with Crippen LogP contribution in [0.15, 0.2) is 36.7 Å². The van der Waals surface area contributed by atoms with Gasteiger partial charge in [0.1, 0.15) is 5.82 Å². The summed E-state index contributed by atoms with van der Waals surface area (Å²) in [7, 11) is 3.99. The highest BCUT2D eigenvalue weighted by Crippen LogP contribution is 2.15. The molecule has 0 aromatic carbocycles. The van der Waals surface area contributed by atoms with Crippen LogP contribution in [0.5, 0.6) is 0 Å². The summed E-state index contributed by atoms with van der Waals surface area (Å²) in [5.41, 5.74) is 3.50. The summed E-state index contributed by atoms with van der Waals surface area (Å²) in [6, 6.07) is 8.23. The zero-order chi connectivity index (χ0) is 13.7. The Labute approximate surface area is 114 Å². The number of aryl methyl sites for hydroxylation is 1. The largest absolute Gasteiger partial charge is 0.355 e. The molecule has 100 valence electrons. The van der Waals surface area contributed by atoms with Crippen molar-refractivity contribution >= 4 is 5.82 Å². The summed E-state index contributed by atoms with van der Waals surface area (Å²) in [5, 5.41) is 3.15. The molecule has 0 saturated heterocycles. The van der Waals surface area contributed by atoms with E-state index in [2.05, 4.69) is 38.4 Å². The molecule has 1 N–H and O–H groups in total. The molecular formula is C15H20N4. The van der Waals surface area contributed by atoms with E-state index in [0.29, 0.717) is 0 Å². The number of hydrogen-bond acceptors (Lipinski definition) is 4. The maximum absolute atomic E-state index is 4.65. The SMILES string of the molecule is CNCc1ccc(N(C)Cc2cccnc2)nc1C. The molecule has 0 atom stereocenters. The molecule has 19 heavy (non-hydrogen) atoms. The predicted octanol–water partition coefficient (Wildman–Crippen LogP) is 2.14. The molecule has 0 fully saturated rings. The second kappa shape index (κ2) is 6.29. The van der Waals surface area contributed by atoms with Gasteiger partial charge in [-0.05, 0) is 37.2 Å². The van der Waals surface area contributed by atoms with Crippen LogP contribution in [0.3, 0.4) is 0 Å². The minimum absolute atomic E-state index is 0.811. The Balaban J connectivity index is 2.11. The van der Waals surface area contributed by atoms with Gasteiger partial charge in [0, 0.05) is 38.2 Å². The maximum Gasteiger partial charge on any atom is 0.128 e. The van der Waals surface area contributed by atoms with Crippen molar-refractivity contribution in [2.75, 3.05) is 19.0 Å². The average Bonchev–Trinajstić information content (AvgIpc) is 2.42. The van der Waals surface area contributed by atoms with Gasteiger partial charge in [0.2, 0.25) is 0 Å². The molecule has 0 aliphatic heterocycles. The van der Waals surface area contributed by atoms with Gasteiger partial charge in [-0.1, -0.05) is 12.1 Å². The molecular weight excluding hydrogens is 236 g/mol. The molecule has 0 bridgehead atoms. The monoisotopic (exact) mass is 256 g/mol. The molecule has 0 aliphatic carbocycles. The summed E-state index contributed by atoms with van der Waals surface area (Å²) in [4.78, 5) is 10.9. The standard InChI is InChI=1S/C15H20N4/c1-12-14(10-16-2)6-7-15(18-12)19(3)11-13-5-4-8-17-9-13/h4-9,16H,10-11H2,1-3H3. The van der Waals surface area contributed by atoms with E-state index in [0.717, 1.165) is 24.6 Å². The van der Waals surface area contributed by atoms with Crippen LogP contribution in [0.25, 0.3) is 0 Å². The molecule has 0 radical (unpaired) electrons. The van der Waals surface area contributed by atoms with Gasteiger partial charge in [0.05, 0.1) is 0 Å². The van der Waals surface area contributed by atoms with Crippen LogP contribution in [0.1, 0.15) is 16.8 Å². The van der Waals surface area contributed by atoms with E-state index in [1.54, 1.807) is 6.20 Å². The number of nitrogens with one attached hydrogen (secondary N) is 1. The van der Waals surface area contributed by atoms with E-state index in [4.69, 9.17) is 0 Å². The third-order valence-electron chi connectivity index (χ3n) is 3.08. The number of aromatic nitrogens is 2. The van der Waals surface area contributed by atoms with E-state index in [1.807, 2.05) is 33.3 Å². The normalized spacial score (nSPS) is 10.5. The molecule has 0 aliphatic rings. The fraction of sp³-hybridized carbons (Fsp3) is 0.333. The Bertz CT molecular complexity index is 525. The van der Waals surface area contributed by atoms with Gasteiger partial charge >= 0.3 is 0 Å². The fourth-order valence-electron chi connectivity index (χ4n) is 2.01. The van der Waals surface area contributed by atoms with Crippen LogP contribution in [0, 0.1) is 6.92 Å². The third-order valence-corrected chi connectivity index (χ3v) is 3.08. The molecule has 2 aromatic heterocycles. The van der Waals surface area contributed by atoms with Gasteiger partial charge < -0.3 is 10.2 Å². The molecule has 4 nitrogen and oxygen atoms in total. The van der Waals surface area contributed by atoms with Gasteiger partial charge in [-0.2, -0.15) is 0 Å². The first-order valence-corrected chi connectivity index (χ1v) is 6.42. The smallest absolute Gasteiger partial charge is 0.128 e. The Hall–Kier alpha value is -1.94. The highest BCUT2D eigenvalue weighted by atomic mass is 15.2. The molecule has 0 amide bonds.